The van der Waals surface area contributed by atoms with Gasteiger partial charge in [0.1, 0.15) is 5.82 Å². The molecule has 30 heavy (non-hydrogen) atoms. The molecule has 0 saturated carbocycles. The maximum Gasteiger partial charge on any atom is 0.253 e. The van der Waals surface area contributed by atoms with Crippen LogP contribution in [-0.2, 0) is 23.1 Å². The SMILES string of the molecule is CN(Cc1ccccc1)C(=O)c1ccc(CN(c2ccccc2F)S(C)(=O)=O)cc1. The lowest BCUT2D eigenvalue weighted by atomic mass is 10.1. The topological polar surface area (TPSA) is 57.7 Å². The van der Waals surface area contributed by atoms with Crippen LogP contribution in [0.5, 0.6) is 0 Å². The molecule has 0 atom stereocenters. The van der Waals surface area contributed by atoms with Gasteiger partial charge in [-0.2, -0.15) is 0 Å². The standard InChI is InChI=1S/C23H23FN2O3S/c1-25(16-18-8-4-3-5-9-18)23(27)20-14-12-19(13-15-20)17-26(30(2,28)29)22-11-7-6-10-21(22)24/h3-15H,16-17H2,1-2H3. The summed E-state index contributed by atoms with van der Waals surface area (Å²) in [5, 5.41) is 0. The van der Waals surface area contributed by atoms with Gasteiger partial charge in [0.15, 0.2) is 0 Å². The highest BCUT2D eigenvalue weighted by atomic mass is 32.2. The number of rotatable bonds is 7. The first kappa shape index (κ1) is 21.5. The van der Waals surface area contributed by atoms with E-state index in [1.165, 1.54) is 18.2 Å². The zero-order valence-corrected chi connectivity index (χ0v) is 17.6. The molecule has 0 heterocycles. The van der Waals surface area contributed by atoms with Crippen LogP contribution in [0.3, 0.4) is 0 Å². The Morgan fingerprint density at radius 2 is 1.40 bits per heavy atom. The number of amides is 1. The maximum absolute atomic E-state index is 14.2. The average Bonchev–Trinajstić information content (AvgIpc) is 2.72. The molecule has 0 aromatic heterocycles. The Kier molecular flexibility index (Phi) is 6.52. The third kappa shape index (κ3) is 5.24. The Hall–Kier alpha value is -3.19. The molecule has 156 valence electrons. The first-order chi connectivity index (χ1) is 14.3. The van der Waals surface area contributed by atoms with Crippen molar-refractivity contribution in [2.24, 2.45) is 0 Å². The highest BCUT2D eigenvalue weighted by Crippen LogP contribution is 2.24. The molecule has 0 aliphatic rings. The minimum Gasteiger partial charge on any atom is -0.337 e. The van der Waals surface area contributed by atoms with Crippen molar-refractivity contribution >= 4 is 21.6 Å². The van der Waals surface area contributed by atoms with E-state index >= 15 is 0 Å². The average molecular weight is 427 g/mol. The fourth-order valence-corrected chi connectivity index (χ4v) is 3.99. The van der Waals surface area contributed by atoms with E-state index in [0.29, 0.717) is 17.7 Å². The Morgan fingerprint density at radius 1 is 0.833 bits per heavy atom. The number of carbonyl (C=O) groups excluding carboxylic acids is 1. The minimum absolute atomic E-state index is 0.0113. The Balaban J connectivity index is 1.76. The van der Waals surface area contributed by atoms with Gasteiger partial charge in [0, 0.05) is 19.2 Å². The molecule has 3 aromatic rings. The van der Waals surface area contributed by atoms with Crippen molar-refractivity contribution in [3.05, 3.63) is 101 Å². The summed E-state index contributed by atoms with van der Waals surface area (Å²) in [6.07, 6.45) is 1.04. The largest absolute Gasteiger partial charge is 0.337 e. The van der Waals surface area contributed by atoms with Crippen molar-refractivity contribution in [1.29, 1.82) is 0 Å². The summed E-state index contributed by atoms with van der Waals surface area (Å²) in [6.45, 7) is 0.449. The number of benzene rings is 3. The molecule has 0 radical (unpaired) electrons. The van der Waals surface area contributed by atoms with Crippen molar-refractivity contribution in [2.75, 3.05) is 17.6 Å². The van der Waals surface area contributed by atoms with Crippen LogP contribution in [0, 0.1) is 5.82 Å². The smallest absolute Gasteiger partial charge is 0.253 e. The Labute approximate surface area is 176 Å². The second-order valence-electron chi connectivity index (χ2n) is 7.06. The maximum atomic E-state index is 14.2. The first-order valence-corrected chi connectivity index (χ1v) is 11.2. The number of halogens is 1. The molecule has 0 unspecified atom stereocenters. The van der Waals surface area contributed by atoms with E-state index in [1.807, 2.05) is 30.3 Å². The van der Waals surface area contributed by atoms with Crippen LogP contribution in [-0.4, -0.2) is 32.5 Å². The van der Waals surface area contributed by atoms with Gasteiger partial charge in [-0.05, 0) is 35.4 Å². The van der Waals surface area contributed by atoms with Gasteiger partial charge in [0.05, 0.1) is 18.5 Å². The van der Waals surface area contributed by atoms with Gasteiger partial charge in [-0.1, -0.05) is 54.6 Å². The van der Waals surface area contributed by atoms with Crippen molar-refractivity contribution < 1.29 is 17.6 Å². The monoisotopic (exact) mass is 426 g/mol. The van der Waals surface area contributed by atoms with Crippen LogP contribution in [0.25, 0.3) is 0 Å². The summed E-state index contributed by atoms with van der Waals surface area (Å²) >= 11 is 0. The molecular formula is C23H23FN2O3S. The van der Waals surface area contributed by atoms with Crippen molar-refractivity contribution in [3.8, 4) is 0 Å². The zero-order chi connectivity index (χ0) is 21.7. The van der Waals surface area contributed by atoms with Crippen molar-refractivity contribution in [3.63, 3.8) is 0 Å². The van der Waals surface area contributed by atoms with E-state index in [2.05, 4.69) is 0 Å². The van der Waals surface area contributed by atoms with Crippen molar-refractivity contribution in [1.82, 2.24) is 4.90 Å². The normalized spacial score (nSPS) is 11.2. The van der Waals surface area contributed by atoms with E-state index in [-0.39, 0.29) is 18.1 Å². The molecule has 0 spiro atoms. The van der Waals surface area contributed by atoms with Gasteiger partial charge in [-0.25, -0.2) is 12.8 Å². The summed E-state index contributed by atoms with van der Waals surface area (Å²) in [4.78, 5) is 14.3. The number of nitrogens with zero attached hydrogens (tertiary/aromatic N) is 2. The molecule has 7 heteroatoms. The minimum atomic E-state index is -3.69. The lowest BCUT2D eigenvalue weighted by Gasteiger charge is -2.23. The molecular weight excluding hydrogens is 403 g/mol. The van der Waals surface area contributed by atoms with E-state index in [4.69, 9.17) is 0 Å². The number of para-hydroxylation sites is 1. The van der Waals surface area contributed by atoms with Crippen LogP contribution in [0.15, 0.2) is 78.9 Å². The molecule has 0 aliphatic carbocycles. The fourth-order valence-electron chi connectivity index (χ4n) is 3.10. The highest BCUT2D eigenvalue weighted by molar-refractivity contribution is 7.92. The number of sulfonamides is 1. The summed E-state index contributed by atoms with van der Waals surface area (Å²) in [5.41, 5.74) is 2.15. The second kappa shape index (κ2) is 9.09. The molecule has 0 N–H and O–H groups in total. The van der Waals surface area contributed by atoms with Crippen LogP contribution < -0.4 is 4.31 Å². The van der Waals surface area contributed by atoms with Crippen LogP contribution in [0.2, 0.25) is 0 Å². The quantitative estimate of drug-likeness (QED) is 0.572. The number of hydrogen-bond acceptors (Lipinski definition) is 3. The third-order valence-electron chi connectivity index (χ3n) is 4.66. The number of carbonyl (C=O) groups is 1. The van der Waals surface area contributed by atoms with E-state index in [9.17, 15) is 17.6 Å². The molecule has 0 fully saturated rings. The summed E-state index contributed by atoms with van der Waals surface area (Å²) in [6, 6.07) is 22.1. The zero-order valence-electron chi connectivity index (χ0n) is 16.8. The summed E-state index contributed by atoms with van der Waals surface area (Å²) in [5.74, 6) is -0.753. The lowest BCUT2D eigenvalue weighted by Crippen LogP contribution is -2.30. The molecule has 0 aliphatic heterocycles. The molecule has 3 rings (SSSR count). The highest BCUT2D eigenvalue weighted by Gasteiger charge is 2.21. The van der Waals surface area contributed by atoms with Gasteiger partial charge in [0.25, 0.3) is 5.91 Å². The number of hydrogen-bond donors (Lipinski definition) is 0. The van der Waals surface area contributed by atoms with E-state index in [0.717, 1.165) is 16.1 Å². The van der Waals surface area contributed by atoms with Crippen molar-refractivity contribution in [2.45, 2.75) is 13.1 Å². The van der Waals surface area contributed by atoms with Gasteiger partial charge in [-0.3, -0.25) is 9.10 Å². The number of anilines is 1. The third-order valence-corrected chi connectivity index (χ3v) is 5.78. The second-order valence-corrected chi connectivity index (χ2v) is 8.97. The van der Waals surface area contributed by atoms with Gasteiger partial charge in [0.2, 0.25) is 10.0 Å². The molecule has 0 saturated heterocycles. The summed E-state index contributed by atoms with van der Waals surface area (Å²) < 4.78 is 39.6. The summed E-state index contributed by atoms with van der Waals surface area (Å²) in [7, 11) is -1.97. The lowest BCUT2D eigenvalue weighted by molar-refractivity contribution is 0.0785. The van der Waals surface area contributed by atoms with Gasteiger partial charge in [-0.15, -0.1) is 0 Å². The van der Waals surface area contributed by atoms with Crippen LogP contribution >= 0.6 is 0 Å². The van der Waals surface area contributed by atoms with Gasteiger partial charge < -0.3 is 4.90 Å². The van der Waals surface area contributed by atoms with Crippen LogP contribution in [0.1, 0.15) is 21.5 Å². The van der Waals surface area contributed by atoms with E-state index in [1.54, 1.807) is 42.3 Å². The molecule has 5 nitrogen and oxygen atoms in total. The van der Waals surface area contributed by atoms with Gasteiger partial charge >= 0.3 is 0 Å². The Morgan fingerprint density at radius 3 is 2.00 bits per heavy atom. The Bertz CT molecular complexity index is 1120. The predicted molar refractivity (Wildman–Crippen MR) is 116 cm³/mol. The van der Waals surface area contributed by atoms with Crippen LogP contribution in [0.4, 0.5) is 10.1 Å². The fraction of sp³-hybridized carbons (Fsp3) is 0.174. The first-order valence-electron chi connectivity index (χ1n) is 9.36. The molecule has 1 amide bonds. The molecule has 3 aromatic carbocycles. The van der Waals surface area contributed by atoms with E-state index < -0.39 is 15.8 Å². The molecule has 0 bridgehead atoms. The predicted octanol–water partition coefficient (Wildman–Crippen LogP) is 4.06.